The zero-order chi connectivity index (χ0) is 20.1. The molecule has 2 rings (SSSR count). The van der Waals surface area contributed by atoms with Gasteiger partial charge in [-0.1, -0.05) is 0 Å². The lowest BCUT2D eigenvalue weighted by atomic mass is 9.98. The van der Waals surface area contributed by atoms with Gasteiger partial charge in [-0.25, -0.2) is 8.42 Å². The van der Waals surface area contributed by atoms with Crippen molar-refractivity contribution in [1.82, 2.24) is 19.8 Å². The van der Waals surface area contributed by atoms with E-state index in [9.17, 15) is 21.6 Å². The van der Waals surface area contributed by atoms with E-state index in [1.165, 1.54) is 12.8 Å². The fourth-order valence-corrected chi connectivity index (χ4v) is 4.63. The van der Waals surface area contributed by atoms with Gasteiger partial charge in [0.2, 0.25) is 0 Å². The highest BCUT2D eigenvalue weighted by Crippen LogP contribution is 2.30. The van der Waals surface area contributed by atoms with E-state index in [4.69, 9.17) is 0 Å². The average molecular weight is 414 g/mol. The molecule has 0 saturated carbocycles. The molecule has 7 nitrogen and oxygen atoms in total. The minimum absolute atomic E-state index is 0.103. The molecule has 0 aromatic carbocycles. The van der Waals surface area contributed by atoms with Crippen molar-refractivity contribution in [1.29, 1.82) is 0 Å². The normalized spacial score (nSPS) is 24.8. The Morgan fingerprint density at radius 1 is 1.07 bits per heavy atom. The molecule has 0 aliphatic carbocycles. The number of rotatable bonds is 5. The molecule has 2 N–H and O–H groups in total. The number of likely N-dealkylation sites (tertiary alicyclic amines) is 1. The Balaban J connectivity index is 1.72. The zero-order valence-corrected chi connectivity index (χ0v) is 16.7. The first kappa shape index (κ1) is 22.2. The van der Waals surface area contributed by atoms with Crippen molar-refractivity contribution in [2.45, 2.75) is 31.2 Å². The number of halogens is 3. The first-order chi connectivity index (χ1) is 12.6. The molecule has 0 spiro atoms. The minimum Gasteiger partial charge on any atom is -0.356 e. The number of hydrogen-bond acceptors (Lipinski definition) is 4. The van der Waals surface area contributed by atoms with Crippen LogP contribution in [0.2, 0.25) is 0 Å². The van der Waals surface area contributed by atoms with E-state index >= 15 is 0 Å². The fraction of sp³-hybridized carbons (Fsp3) is 0.938. The van der Waals surface area contributed by atoms with Crippen molar-refractivity contribution in [2.24, 2.45) is 16.8 Å². The lowest BCUT2D eigenvalue weighted by molar-refractivity contribution is -0.0496. The largest absolute Gasteiger partial charge is 0.511 e. The predicted octanol–water partition coefficient (Wildman–Crippen LogP) is 1.05. The second-order valence-corrected chi connectivity index (χ2v) is 9.33. The zero-order valence-electron chi connectivity index (χ0n) is 15.9. The van der Waals surface area contributed by atoms with Crippen molar-refractivity contribution in [3.63, 3.8) is 0 Å². The standard InChI is InChI=1S/C16H30F3N5O2S/c1-20-15(22-11-14-4-3-7-23(2)12-14)21-10-13-5-8-24(9-6-13)27(25,26)16(17,18)19/h13-14H,3-12H2,1-2H3,(H2,20,21,22). The molecule has 0 aromatic rings. The van der Waals surface area contributed by atoms with E-state index in [0.29, 0.717) is 35.6 Å². The van der Waals surface area contributed by atoms with Gasteiger partial charge < -0.3 is 15.5 Å². The summed E-state index contributed by atoms with van der Waals surface area (Å²) in [7, 11) is -1.41. The summed E-state index contributed by atoms with van der Waals surface area (Å²) in [6.07, 6.45) is 3.16. The molecule has 2 fully saturated rings. The third-order valence-corrected chi connectivity index (χ3v) is 6.90. The fourth-order valence-electron chi connectivity index (χ4n) is 3.64. The van der Waals surface area contributed by atoms with Crippen molar-refractivity contribution >= 4 is 16.0 Å². The van der Waals surface area contributed by atoms with Crippen molar-refractivity contribution in [2.75, 3.05) is 53.4 Å². The van der Waals surface area contributed by atoms with Crippen LogP contribution in [0.15, 0.2) is 4.99 Å². The van der Waals surface area contributed by atoms with Gasteiger partial charge in [0.1, 0.15) is 0 Å². The minimum atomic E-state index is -5.22. The summed E-state index contributed by atoms with van der Waals surface area (Å²) in [5.74, 6) is 1.36. The van der Waals surface area contributed by atoms with Gasteiger partial charge in [-0.05, 0) is 51.1 Å². The quantitative estimate of drug-likeness (QED) is 0.521. The molecule has 0 aromatic heterocycles. The van der Waals surface area contributed by atoms with Crippen LogP contribution in [0.4, 0.5) is 13.2 Å². The molecular formula is C16H30F3N5O2S. The summed E-state index contributed by atoms with van der Waals surface area (Å²) in [5, 5.41) is 6.52. The first-order valence-corrected chi connectivity index (χ1v) is 10.8. The van der Waals surface area contributed by atoms with Crippen LogP contribution < -0.4 is 10.6 Å². The summed E-state index contributed by atoms with van der Waals surface area (Å²) in [6.45, 7) is 3.36. The second kappa shape index (κ2) is 9.42. The molecule has 27 heavy (non-hydrogen) atoms. The van der Waals surface area contributed by atoms with E-state index in [0.717, 1.165) is 19.6 Å². The number of aliphatic imine (C=N–C) groups is 1. The van der Waals surface area contributed by atoms with Crippen LogP contribution in [0.1, 0.15) is 25.7 Å². The number of piperidine rings is 2. The highest BCUT2D eigenvalue weighted by Gasteiger charge is 2.50. The number of hydrogen-bond donors (Lipinski definition) is 2. The van der Waals surface area contributed by atoms with E-state index in [2.05, 4.69) is 27.6 Å². The molecule has 1 atom stereocenters. The summed E-state index contributed by atoms with van der Waals surface area (Å²) in [4.78, 5) is 6.50. The van der Waals surface area contributed by atoms with Gasteiger partial charge in [0.25, 0.3) is 0 Å². The van der Waals surface area contributed by atoms with Gasteiger partial charge in [-0.2, -0.15) is 17.5 Å². The monoisotopic (exact) mass is 413 g/mol. The predicted molar refractivity (Wildman–Crippen MR) is 98.9 cm³/mol. The molecule has 0 amide bonds. The number of nitrogens with zero attached hydrogens (tertiary/aromatic N) is 3. The van der Waals surface area contributed by atoms with Gasteiger partial charge in [-0.15, -0.1) is 0 Å². The van der Waals surface area contributed by atoms with Crippen LogP contribution in [-0.4, -0.2) is 82.5 Å². The average Bonchev–Trinajstić information content (AvgIpc) is 2.61. The van der Waals surface area contributed by atoms with Gasteiger partial charge >= 0.3 is 15.5 Å². The SMILES string of the molecule is CN=C(NCC1CCN(S(=O)(=O)C(F)(F)F)CC1)NCC1CCCN(C)C1. The molecule has 2 heterocycles. The molecule has 1 unspecified atom stereocenters. The van der Waals surface area contributed by atoms with Gasteiger partial charge in [0, 0.05) is 39.8 Å². The van der Waals surface area contributed by atoms with Crippen LogP contribution in [0.3, 0.4) is 0 Å². The van der Waals surface area contributed by atoms with Crippen molar-refractivity contribution in [3.8, 4) is 0 Å². The maximum Gasteiger partial charge on any atom is 0.511 e. The van der Waals surface area contributed by atoms with Gasteiger partial charge in [-0.3, -0.25) is 4.99 Å². The Morgan fingerprint density at radius 2 is 1.67 bits per heavy atom. The van der Waals surface area contributed by atoms with Crippen LogP contribution in [0, 0.1) is 11.8 Å². The molecule has 2 aliphatic heterocycles. The summed E-state index contributed by atoms with van der Waals surface area (Å²) in [5.41, 5.74) is -5.22. The molecule has 2 aliphatic rings. The topological polar surface area (TPSA) is 77.0 Å². The van der Waals surface area contributed by atoms with E-state index in [1.807, 2.05) is 0 Å². The summed E-state index contributed by atoms with van der Waals surface area (Å²) >= 11 is 0. The van der Waals surface area contributed by atoms with Crippen molar-refractivity contribution in [3.05, 3.63) is 0 Å². The highest BCUT2D eigenvalue weighted by atomic mass is 32.2. The highest BCUT2D eigenvalue weighted by molar-refractivity contribution is 7.90. The van der Waals surface area contributed by atoms with Crippen LogP contribution >= 0.6 is 0 Å². The lowest BCUT2D eigenvalue weighted by Crippen LogP contribution is -2.48. The molecule has 0 bridgehead atoms. The molecule has 11 heteroatoms. The van der Waals surface area contributed by atoms with E-state index < -0.39 is 15.5 Å². The van der Waals surface area contributed by atoms with E-state index in [-0.39, 0.29) is 19.0 Å². The van der Waals surface area contributed by atoms with Gasteiger partial charge in [0.15, 0.2) is 5.96 Å². The maximum atomic E-state index is 12.6. The maximum absolute atomic E-state index is 12.6. The van der Waals surface area contributed by atoms with E-state index in [1.54, 1.807) is 7.05 Å². The van der Waals surface area contributed by atoms with Crippen LogP contribution in [0.25, 0.3) is 0 Å². The lowest BCUT2D eigenvalue weighted by Gasteiger charge is -2.32. The third-order valence-electron chi connectivity index (χ3n) is 5.27. The third kappa shape index (κ3) is 6.21. The first-order valence-electron chi connectivity index (χ1n) is 9.33. The van der Waals surface area contributed by atoms with Gasteiger partial charge in [0.05, 0.1) is 0 Å². The number of alkyl halides is 3. The Kier molecular flexibility index (Phi) is 7.75. The Morgan fingerprint density at radius 3 is 2.19 bits per heavy atom. The van der Waals surface area contributed by atoms with Crippen LogP contribution in [-0.2, 0) is 10.0 Å². The number of nitrogens with one attached hydrogen (secondary N) is 2. The smallest absolute Gasteiger partial charge is 0.356 e. The van der Waals surface area contributed by atoms with Crippen molar-refractivity contribution < 1.29 is 21.6 Å². The van der Waals surface area contributed by atoms with Crippen LogP contribution in [0.5, 0.6) is 0 Å². The Bertz CT molecular complexity index is 604. The molecule has 158 valence electrons. The Labute approximate surface area is 159 Å². The Hall–Kier alpha value is -1.07. The molecular weight excluding hydrogens is 383 g/mol. The molecule has 0 radical (unpaired) electrons. The second-order valence-electron chi connectivity index (χ2n) is 7.40. The summed E-state index contributed by atoms with van der Waals surface area (Å²) < 4.78 is 61.2. The number of sulfonamides is 1. The summed E-state index contributed by atoms with van der Waals surface area (Å²) in [6, 6.07) is 0. The molecule has 2 saturated heterocycles. The number of guanidine groups is 1.